The van der Waals surface area contributed by atoms with E-state index >= 15 is 0 Å². The topological polar surface area (TPSA) is 60.8 Å². The molecule has 1 aromatic heterocycles. The third-order valence-corrected chi connectivity index (χ3v) is 3.96. The van der Waals surface area contributed by atoms with Gasteiger partial charge in [0, 0.05) is 23.6 Å². The van der Waals surface area contributed by atoms with Crippen LogP contribution in [0.1, 0.15) is 32.3 Å². The summed E-state index contributed by atoms with van der Waals surface area (Å²) in [6.07, 6.45) is 2.68. The van der Waals surface area contributed by atoms with Crippen molar-refractivity contribution in [3.8, 4) is 0 Å². The number of ether oxygens (including phenoxy) is 1. The summed E-state index contributed by atoms with van der Waals surface area (Å²) in [6.45, 7) is 4.02. The normalized spacial score (nSPS) is 20.5. The maximum atomic E-state index is 12.2. The summed E-state index contributed by atoms with van der Waals surface area (Å²) in [5, 5.41) is 5.17. The van der Waals surface area contributed by atoms with Crippen molar-refractivity contribution >= 4 is 22.6 Å². The largest absolute Gasteiger partial charge is 0.463 e. The van der Waals surface area contributed by atoms with Crippen LogP contribution < -0.4 is 0 Å². The van der Waals surface area contributed by atoms with Crippen LogP contribution in [0.2, 0.25) is 0 Å². The third kappa shape index (κ3) is 2.32. The molecule has 0 aliphatic carbocycles. The second kappa shape index (κ2) is 5.75. The predicted molar refractivity (Wildman–Crippen MR) is 83.6 cm³/mol. The Morgan fingerprint density at radius 2 is 2.14 bits per heavy atom. The first kappa shape index (κ1) is 14.5. The lowest BCUT2D eigenvalue weighted by atomic mass is 9.91. The van der Waals surface area contributed by atoms with Crippen LogP contribution in [0.3, 0.4) is 0 Å². The van der Waals surface area contributed by atoms with Crippen molar-refractivity contribution in [2.45, 2.75) is 32.3 Å². The molecule has 5 nitrogen and oxygen atoms in total. The van der Waals surface area contributed by atoms with Gasteiger partial charge in [-0.2, -0.15) is 0 Å². The average molecular weight is 298 g/mol. The zero-order valence-electron chi connectivity index (χ0n) is 12.7. The highest BCUT2D eigenvalue weighted by Crippen LogP contribution is 2.32. The van der Waals surface area contributed by atoms with Crippen LogP contribution in [0.4, 0.5) is 0 Å². The minimum atomic E-state index is -1.00. The molecule has 5 heteroatoms. The molecule has 0 amide bonds. The average Bonchev–Trinajstić information content (AvgIpc) is 3.00. The number of carbonyl (C=O) groups is 1. The molecule has 2 heterocycles. The van der Waals surface area contributed by atoms with Gasteiger partial charge in [-0.15, -0.1) is 0 Å². The fourth-order valence-electron chi connectivity index (χ4n) is 2.68. The molecule has 0 saturated heterocycles. The van der Waals surface area contributed by atoms with E-state index in [-0.39, 0.29) is 5.97 Å². The molecule has 0 N–H and O–H groups in total. The number of fused-ring (bicyclic) bond motifs is 1. The van der Waals surface area contributed by atoms with E-state index in [4.69, 9.17) is 9.57 Å². The Kier molecular flexibility index (Phi) is 3.79. The Bertz CT molecular complexity index is 736. The Balaban J connectivity index is 1.95. The maximum Gasteiger partial charge on any atom is 0.353 e. The molecule has 0 radical (unpaired) electrons. The zero-order valence-corrected chi connectivity index (χ0v) is 12.7. The number of rotatable bonds is 4. The minimum absolute atomic E-state index is 0.331. The molecular formula is C17H18N2O3. The van der Waals surface area contributed by atoms with Gasteiger partial charge in [-0.25, -0.2) is 4.79 Å². The Labute approximate surface area is 128 Å². The summed E-state index contributed by atoms with van der Waals surface area (Å²) in [4.78, 5) is 22.1. The molecule has 1 aliphatic heterocycles. The molecule has 2 aromatic rings. The van der Waals surface area contributed by atoms with Gasteiger partial charge in [-0.3, -0.25) is 4.98 Å². The Morgan fingerprint density at radius 3 is 2.91 bits per heavy atom. The van der Waals surface area contributed by atoms with Gasteiger partial charge < -0.3 is 9.57 Å². The lowest BCUT2D eigenvalue weighted by Gasteiger charge is -2.22. The maximum absolute atomic E-state index is 12.2. The number of esters is 1. The standard InChI is InChI=1S/C17H18N2O3/c1-3-17(16(20)21-4-2)11-15(19-22-17)13-9-10-18-14-8-6-5-7-12(13)14/h5-10H,3-4,11H2,1-2H3. The number of carbonyl (C=O) groups excluding carboxylic acids is 1. The summed E-state index contributed by atoms with van der Waals surface area (Å²) in [7, 11) is 0. The van der Waals surface area contributed by atoms with E-state index in [2.05, 4.69) is 10.1 Å². The smallest absolute Gasteiger partial charge is 0.353 e. The Morgan fingerprint density at radius 1 is 1.32 bits per heavy atom. The molecule has 3 rings (SSSR count). The summed E-state index contributed by atoms with van der Waals surface area (Å²) in [5.74, 6) is -0.352. The summed E-state index contributed by atoms with van der Waals surface area (Å²) in [6, 6.07) is 9.76. The van der Waals surface area contributed by atoms with Crippen molar-refractivity contribution < 1.29 is 14.4 Å². The molecule has 1 aromatic carbocycles. The fraction of sp³-hybridized carbons (Fsp3) is 0.353. The van der Waals surface area contributed by atoms with Gasteiger partial charge in [0.25, 0.3) is 0 Å². The monoisotopic (exact) mass is 298 g/mol. The van der Waals surface area contributed by atoms with Gasteiger partial charge in [0.2, 0.25) is 5.60 Å². The third-order valence-electron chi connectivity index (χ3n) is 3.96. The number of benzene rings is 1. The highest BCUT2D eigenvalue weighted by Gasteiger charge is 2.46. The van der Waals surface area contributed by atoms with Crippen LogP contribution in [0, 0.1) is 0 Å². The quantitative estimate of drug-likeness (QED) is 0.814. The van der Waals surface area contributed by atoms with E-state index in [1.54, 1.807) is 13.1 Å². The molecule has 0 fully saturated rings. The minimum Gasteiger partial charge on any atom is -0.463 e. The van der Waals surface area contributed by atoms with Crippen LogP contribution >= 0.6 is 0 Å². The van der Waals surface area contributed by atoms with Crippen LogP contribution in [-0.2, 0) is 14.4 Å². The van der Waals surface area contributed by atoms with Gasteiger partial charge >= 0.3 is 5.97 Å². The number of pyridine rings is 1. The second-order valence-electron chi connectivity index (χ2n) is 5.25. The van der Waals surface area contributed by atoms with Crippen LogP contribution in [0.25, 0.3) is 10.9 Å². The number of aromatic nitrogens is 1. The van der Waals surface area contributed by atoms with Gasteiger partial charge in [-0.05, 0) is 25.5 Å². The molecule has 114 valence electrons. The van der Waals surface area contributed by atoms with Crippen molar-refractivity contribution in [2.24, 2.45) is 5.16 Å². The van der Waals surface area contributed by atoms with E-state index in [1.165, 1.54) is 0 Å². The van der Waals surface area contributed by atoms with Crippen molar-refractivity contribution in [1.82, 2.24) is 4.98 Å². The van der Waals surface area contributed by atoms with E-state index < -0.39 is 5.60 Å². The molecule has 22 heavy (non-hydrogen) atoms. The van der Waals surface area contributed by atoms with Gasteiger partial charge in [0.15, 0.2) is 0 Å². The summed E-state index contributed by atoms with van der Waals surface area (Å²) >= 11 is 0. The number of hydrogen-bond donors (Lipinski definition) is 0. The number of hydrogen-bond acceptors (Lipinski definition) is 5. The first-order valence-corrected chi connectivity index (χ1v) is 7.46. The summed E-state index contributed by atoms with van der Waals surface area (Å²) < 4.78 is 5.14. The first-order chi connectivity index (χ1) is 10.7. The van der Waals surface area contributed by atoms with Crippen LogP contribution in [0.5, 0.6) is 0 Å². The molecule has 1 unspecified atom stereocenters. The molecular weight excluding hydrogens is 280 g/mol. The lowest BCUT2D eigenvalue weighted by Crippen LogP contribution is -2.40. The lowest BCUT2D eigenvalue weighted by molar-refractivity contribution is -0.169. The van der Waals surface area contributed by atoms with E-state index in [0.717, 1.165) is 22.2 Å². The SMILES string of the molecule is CCOC(=O)C1(CC)CC(c2ccnc3ccccc23)=NO1. The first-order valence-electron chi connectivity index (χ1n) is 7.46. The van der Waals surface area contributed by atoms with Gasteiger partial charge in [0.05, 0.1) is 17.8 Å². The van der Waals surface area contributed by atoms with Crippen molar-refractivity contribution in [2.75, 3.05) is 6.61 Å². The Hall–Kier alpha value is -2.43. The van der Waals surface area contributed by atoms with Crippen LogP contribution in [0.15, 0.2) is 41.7 Å². The van der Waals surface area contributed by atoms with E-state index in [9.17, 15) is 4.79 Å². The van der Waals surface area contributed by atoms with Crippen LogP contribution in [-0.4, -0.2) is 28.9 Å². The zero-order chi connectivity index (χ0) is 15.6. The fourth-order valence-corrected chi connectivity index (χ4v) is 2.68. The van der Waals surface area contributed by atoms with E-state index in [0.29, 0.717) is 19.4 Å². The molecule has 0 spiro atoms. The highest BCUT2D eigenvalue weighted by atomic mass is 16.7. The van der Waals surface area contributed by atoms with Crippen molar-refractivity contribution in [3.63, 3.8) is 0 Å². The molecule has 0 saturated carbocycles. The number of para-hydroxylation sites is 1. The highest BCUT2D eigenvalue weighted by molar-refractivity contribution is 6.12. The van der Waals surface area contributed by atoms with Gasteiger partial charge in [-0.1, -0.05) is 30.3 Å². The van der Waals surface area contributed by atoms with E-state index in [1.807, 2.05) is 37.3 Å². The number of nitrogens with zero attached hydrogens (tertiary/aromatic N) is 2. The molecule has 0 bridgehead atoms. The summed E-state index contributed by atoms with van der Waals surface area (Å²) in [5.41, 5.74) is 1.60. The number of oxime groups is 1. The second-order valence-corrected chi connectivity index (χ2v) is 5.25. The molecule has 1 atom stereocenters. The molecule has 1 aliphatic rings. The van der Waals surface area contributed by atoms with Crippen molar-refractivity contribution in [3.05, 3.63) is 42.1 Å². The van der Waals surface area contributed by atoms with Crippen molar-refractivity contribution in [1.29, 1.82) is 0 Å². The predicted octanol–water partition coefficient (Wildman–Crippen LogP) is 3.07. The van der Waals surface area contributed by atoms with Gasteiger partial charge in [0.1, 0.15) is 0 Å².